The first-order valence-electron chi connectivity index (χ1n) is 10.3. The Hall–Kier alpha value is -1.89. The molecular formula is C24H30IN3O. The largest absolute Gasteiger partial charge is 0.346 e. The van der Waals surface area contributed by atoms with Gasteiger partial charge in [-0.2, -0.15) is 5.10 Å². The Morgan fingerprint density at radius 3 is 2.14 bits per heavy atom. The van der Waals surface area contributed by atoms with Gasteiger partial charge < -0.3 is 0 Å². The van der Waals surface area contributed by atoms with E-state index >= 15 is 0 Å². The highest BCUT2D eigenvalue weighted by atomic mass is 127. The summed E-state index contributed by atoms with van der Waals surface area (Å²) >= 11 is 2.32. The summed E-state index contributed by atoms with van der Waals surface area (Å²) in [7, 11) is 0. The molecule has 29 heavy (non-hydrogen) atoms. The molecule has 0 saturated carbocycles. The molecular weight excluding hydrogens is 473 g/mol. The molecule has 4 nitrogen and oxygen atoms in total. The molecule has 154 valence electrons. The molecule has 0 radical (unpaired) electrons. The van der Waals surface area contributed by atoms with Crippen molar-refractivity contribution in [1.82, 2.24) is 14.3 Å². The smallest absolute Gasteiger partial charge is 0.279 e. The Morgan fingerprint density at radius 1 is 0.931 bits per heavy atom. The van der Waals surface area contributed by atoms with Crippen LogP contribution in [0.3, 0.4) is 0 Å². The highest BCUT2D eigenvalue weighted by Gasteiger charge is 2.15. The molecule has 0 atom stereocenters. The number of aromatic nitrogens is 3. The molecule has 0 aliphatic heterocycles. The van der Waals surface area contributed by atoms with Crippen LogP contribution in [0.25, 0.3) is 0 Å². The monoisotopic (exact) mass is 503 g/mol. The minimum absolute atomic E-state index is 0.0170. The number of halogens is 1. The Morgan fingerprint density at radius 2 is 1.55 bits per heavy atom. The SMILES string of the molecule is CCn1c(CCCc2ccc(I)cc2)nn(Cc2ccc(C(C)(C)C)cc2)c1=O. The van der Waals surface area contributed by atoms with Gasteiger partial charge in [-0.3, -0.25) is 4.57 Å². The molecule has 0 fully saturated rings. The highest BCUT2D eigenvalue weighted by Crippen LogP contribution is 2.22. The third-order valence-electron chi connectivity index (χ3n) is 5.25. The van der Waals surface area contributed by atoms with E-state index in [9.17, 15) is 4.79 Å². The second kappa shape index (κ2) is 9.28. The molecule has 1 aromatic heterocycles. The van der Waals surface area contributed by atoms with Crippen molar-refractivity contribution < 1.29 is 0 Å². The zero-order valence-electron chi connectivity index (χ0n) is 17.8. The van der Waals surface area contributed by atoms with Gasteiger partial charge in [-0.25, -0.2) is 9.48 Å². The Bertz CT molecular complexity index is 993. The molecule has 0 aliphatic carbocycles. The number of benzene rings is 2. The van der Waals surface area contributed by atoms with E-state index < -0.39 is 0 Å². The molecule has 0 amide bonds. The number of aryl methyl sites for hydroxylation is 2. The van der Waals surface area contributed by atoms with E-state index in [0.29, 0.717) is 13.1 Å². The van der Waals surface area contributed by atoms with E-state index in [0.717, 1.165) is 30.7 Å². The number of nitrogens with zero attached hydrogens (tertiary/aromatic N) is 3. The molecule has 0 N–H and O–H groups in total. The van der Waals surface area contributed by atoms with Crippen LogP contribution in [0.4, 0.5) is 0 Å². The van der Waals surface area contributed by atoms with Gasteiger partial charge in [-0.05, 0) is 76.6 Å². The van der Waals surface area contributed by atoms with Gasteiger partial charge in [0.25, 0.3) is 0 Å². The number of hydrogen-bond donors (Lipinski definition) is 0. The van der Waals surface area contributed by atoms with Crippen LogP contribution in [0.1, 0.15) is 56.6 Å². The van der Waals surface area contributed by atoms with E-state index in [1.165, 1.54) is 14.7 Å². The normalized spacial score (nSPS) is 11.8. The molecule has 3 aromatic rings. The predicted octanol–water partition coefficient (Wildman–Crippen LogP) is 5.19. The van der Waals surface area contributed by atoms with Gasteiger partial charge in [-0.15, -0.1) is 0 Å². The molecule has 0 saturated heterocycles. The van der Waals surface area contributed by atoms with Crippen molar-refractivity contribution in [1.29, 1.82) is 0 Å². The fraction of sp³-hybridized carbons (Fsp3) is 0.417. The zero-order chi connectivity index (χ0) is 21.0. The van der Waals surface area contributed by atoms with E-state index in [4.69, 9.17) is 0 Å². The summed E-state index contributed by atoms with van der Waals surface area (Å²) in [6, 6.07) is 17.1. The maximum absolute atomic E-state index is 12.8. The molecule has 1 heterocycles. The Labute approximate surface area is 187 Å². The highest BCUT2D eigenvalue weighted by molar-refractivity contribution is 14.1. The molecule has 5 heteroatoms. The second-order valence-electron chi connectivity index (χ2n) is 8.53. The fourth-order valence-corrected chi connectivity index (χ4v) is 3.84. The summed E-state index contributed by atoms with van der Waals surface area (Å²) in [5.41, 5.74) is 3.84. The van der Waals surface area contributed by atoms with Crippen LogP contribution in [-0.2, 0) is 31.3 Å². The lowest BCUT2D eigenvalue weighted by Crippen LogP contribution is -2.25. The van der Waals surface area contributed by atoms with Crippen LogP contribution in [0.15, 0.2) is 53.3 Å². The minimum Gasteiger partial charge on any atom is -0.279 e. The van der Waals surface area contributed by atoms with Gasteiger partial charge in [0.2, 0.25) is 0 Å². The van der Waals surface area contributed by atoms with Gasteiger partial charge in [0.15, 0.2) is 0 Å². The lowest BCUT2D eigenvalue weighted by Gasteiger charge is -2.19. The standard InChI is InChI=1S/C24H30IN3O/c1-5-27-22(8-6-7-18-11-15-21(25)16-12-18)26-28(23(27)29)17-19-9-13-20(14-10-19)24(2,3)4/h9-16H,5-8,17H2,1-4H3. The third kappa shape index (κ3) is 5.59. The van der Waals surface area contributed by atoms with Crippen LogP contribution >= 0.6 is 22.6 Å². The van der Waals surface area contributed by atoms with Crippen LogP contribution in [0, 0.1) is 3.57 Å². The average molecular weight is 503 g/mol. The average Bonchev–Trinajstić information content (AvgIpc) is 2.97. The minimum atomic E-state index is -0.0170. The number of hydrogen-bond acceptors (Lipinski definition) is 2. The molecule has 0 bridgehead atoms. The van der Waals surface area contributed by atoms with Crippen molar-refractivity contribution in [3.05, 3.63) is 85.1 Å². The second-order valence-corrected chi connectivity index (χ2v) is 9.77. The third-order valence-corrected chi connectivity index (χ3v) is 5.97. The van der Waals surface area contributed by atoms with E-state index in [1.807, 2.05) is 6.92 Å². The summed E-state index contributed by atoms with van der Waals surface area (Å²) in [5, 5.41) is 4.66. The van der Waals surface area contributed by atoms with Gasteiger partial charge in [0.05, 0.1) is 6.54 Å². The lowest BCUT2D eigenvalue weighted by molar-refractivity contribution is 0.588. The van der Waals surface area contributed by atoms with E-state index in [-0.39, 0.29) is 11.1 Å². The lowest BCUT2D eigenvalue weighted by atomic mass is 9.87. The first-order chi connectivity index (χ1) is 13.8. The van der Waals surface area contributed by atoms with Crippen molar-refractivity contribution in [3.63, 3.8) is 0 Å². The summed E-state index contributed by atoms with van der Waals surface area (Å²) in [5.74, 6) is 0.884. The molecule has 0 aliphatic rings. The van der Waals surface area contributed by atoms with Crippen molar-refractivity contribution in [2.24, 2.45) is 0 Å². The first kappa shape index (κ1) is 21.8. The van der Waals surface area contributed by atoms with Crippen LogP contribution in [-0.4, -0.2) is 14.3 Å². The van der Waals surface area contributed by atoms with Crippen molar-refractivity contribution in [3.8, 4) is 0 Å². The zero-order valence-corrected chi connectivity index (χ0v) is 19.9. The van der Waals surface area contributed by atoms with Gasteiger partial charge in [0, 0.05) is 16.5 Å². The summed E-state index contributed by atoms with van der Waals surface area (Å²) < 4.78 is 4.66. The van der Waals surface area contributed by atoms with Crippen LogP contribution in [0.2, 0.25) is 0 Å². The van der Waals surface area contributed by atoms with Crippen molar-refractivity contribution in [2.45, 2.75) is 65.5 Å². The first-order valence-corrected chi connectivity index (χ1v) is 11.4. The van der Waals surface area contributed by atoms with Gasteiger partial charge in [-0.1, -0.05) is 57.2 Å². The van der Waals surface area contributed by atoms with Gasteiger partial charge in [0.1, 0.15) is 5.82 Å². The predicted molar refractivity (Wildman–Crippen MR) is 128 cm³/mol. The Balaban J connectivity index is 1.70. The molecule has 2 aromatic carbocycles. The quantitative estimate of drug-likeness (QED) is 0.417. The summed E-state index contributed by atoms with van der Waals surface area (Å²) in [6.07, 6.45) is 2.79. The molecule has 0 spiro atoms. The van der Waals surface area contributed by atoms with Crippen molar-refractivity contribution in [2.75, 3.05) is 0 Å². The summed E-state index contributed by atoms with van der Waals surface area (Å²) in [6.45, 7) is 9.79. The van der Waals surface area contributed by atoms with Gasteiger partial charge >= 0.3 is 5.69 Å². The maximum Gasteiger partial charge on any atom is 0.346 e. The topological polar surface area (TPSA) is 39.8 Å². The fourth-order valence-electron chi connectivity index (χ4n) is 3.48. The molecule has 3 rings (SSSR count). The van der Waals surface area contributed by atoms with E-state index in [2.05, 4.69) is 97.0 Å². The van der Waals surface area contributed by atoms with Crippen molar-refractivity contribution >= 4 is 22.6 Å². The van der Waals surface area contributed by atoms with E-state index in [1.54, 1.807) is 9.25 Å². The maximum atomic E-state index is 12.8. The number of rotatable bonds is 7. The molecule has 0 unspecified atom stereocenters. The summed E-state index contributed by atoms with van der Waals surface area (Å²) in [4.78, 5) is 12.8. The van der Waals surface area contributed by atoms with Crippen LogP contribution < -0.4 is 5.69 Å². The van der Waals surface area contributed by atoms with Crippen LogP contribution in [0.5, 0.6) is 0 Å². The Kier molecular flexibility index (Phi) is 6.98.